The highest BCUT2D eigenvalue weighted by molar-refractivity contribution is 7.15. The molecule has 8 nitrogen and oxygen atoms in total. The van der Waals surface area contributed by atoms with Gasteiger partial charge in [0.05, 0.1) is 25.5 Å². The lowest BCUT2D eigenvalue weighted by Crippen LogP contribution is -2.14. The highest BCUT2D eigenvalue weighted by Gasteiger charge is 2.23. The van der Waals surface area contributed by atoms with E-state index in [1.54, 1.807) is 6.07 Å². The smallest absolute Gasteiger partial charge is 0.259 e. The van der Waals surface area contributed by atoms with Crippen LogP contribution in [0.15, 0.2) is 24.5 Å². The lowest BCUT2D eigenvalue weighted by atomic mass is 10.0. The van der Waals surface area contributed by atoms with Crippen molar-refractivity contribution in [2.24, 2.45) is 0 Å². The van der Waals surface area contributed by atoms with Crippen LogP contribution >= 0.6 is 22.9 Å². The van der Waals surface area contributed by atoms with Gasteiger partial charge in [-0.3, -0.25) is 15.1 Å². The van der Waals surface area contributed by atoms with Crippen LogP contribution in [-0.4, -0.2) is 46.4 Å². The summed E-state index contributed by atoms with van der Waals surface area (Å²) in [6, 6.07) is 3.47. The van der Waals surface area contributed by atoms with Crippen LogP contribution in [0, 0.1) is 6.92 Å². The maximum atomic E-state index is 13.0. The molecule has 0 aromatic carbocycles. The first-order valence-electron chi connectivity index (χ1n) is 8.94. The molecule has 0 saturated carbocycles. The number of anilines is 1. The third-order valence-electron chi connectivity index (χ3n) is 4.57. The van der Waals surface area contributed by atoms with Crippen LogP contribution in [0.25, 0.3) is 11.1 Å². The number of nitrogens with one attached hydrogen (secondary N) is 1. The largest absolute Gasteiger partial charge is 0.494 e. The molecule has 1 N–H and O–H groups in total. The molecule has 1 amide bonds. The molecule has 150 valence electrons. The molecule has 1 fully saturated rings. The Kier molecular flexibility index (Phi) is 5.70. The van der Waals surface area contributed by atoms with Crippen molar-refractivity contribution < 1.29 is 14.3 Å². The van der Waals surface area contributed by atoms with Gasteiger partial charge in [0, 0.05) is 35.5 Å². The predicted molar refractivity (Wildman–Crippen MR) is 110 cm³/mol. The number of rotatable bonds is 5. The van der Waals surface area contributed by atoms with E-state index >= 15 is 0 Å². The number of aromatic nitrogens is 4. The summed E-state index contributed by atoms with van der Waals surface area (Å²) in [7, 11) is 1.54. The number of nitrogens with zero attached hydrogens (tertiary/aromatic N) is 4. The average molecular weight is 432 g/mol. The first kappa shape index (κ1) is 19.7. The van der Waals surface area contributed by atoms with Crippen molar-refractivity contribution in [2.75, 3.05) is 25.6 Å². The van der Waals surface area contributed by atoms with Crippen LogP contribution < -0.4 is 10.1 Å². The van der Waals surface area contributed by atoms with Crippen molar-refractivity contribution in [1.82, 2.24) is 20.2 Å². The molecule has 4 heterocycles. The Morgan fingerprint density at radius 1 is 1.28 bits per heavy atom. The Bertz CT molecular complexity index is 1050. The quantitative estimate of drug-likeness (QED) is 0.614. The van der Waals surface area contributed by atoms with E-state index in [1.165, 1.54) is 30.8 Å². The summed E-state index contributed by atoms with van der Waals surface area (Å²) in [6.07, 6.45) is 3.97. The summed E-state index contributed by atoms with van der Waals surface area (Å²) in [4.78, 5) is 21.3. The highest BCUT2D eigenvalue weighted by atomic mass is 35.5. The molecule has 1 aliphatic heterocycles. The molecule has 0 radical (unpaired) electrons. The third kappa shape index (κ3) is 4.21. The summed E-state index contributed by atoms with van der Waals surface area (Å²) >= 11 is 7.44. The fourth-order valence-corrected chi connectivity index (χ4v) is 4.11. The van der Waals surface area contributed by atoms with E-state index < -0.39 is 0 Å². The second-order valence-electron chi connectivity index (χ2n) is 6.54. The fourth-order valence-electron chi connectivity index (χ4n) is 3.10. The minimum absolute atomic E-state index is 0.234. The van der Waals surface area contributed by atoms with Crippen molar-refractivity contribution in [2.45, 2.75) is 19.3 Å². The summed E-state index contributed by atoms with van der Waals surface area (Å²) < 4.78 is 10.8. The van der Waals surface area contributed by atoms with Gasteiger partial charge in [-0.1, -0.05) is 22.9 Å². The second kappa shape index (κ2) is 8.40. The Morgan fingerprint density at radius 2 is 2.14 bits per heavy atom. The number of halogens is 1. The molecule has 4 rings (SSSR count). The number of ether oxygens (including phenoxy) is 2. The van der Waals surface area contributed by atoms with E-state index in [-0.39, 0.29) is 11.8 Å². The molecular formula is C19H18ClN5O3S. The van der Waals surface area contributed by atoms with Crippen LogP contribution in [0.4, 0.5) is 5.13 Å². The van der Waals surface area contributed by atoms with Crippen LogP contribution in [-0.2, 0) is 4.74 Å². The molecule has 1 atom stereocenters. The average Bonchev–Trinajstić information content (AvgIpc) is 3.39. The number of methoxy groups -OCH3 is 1. The second-order valence-corrected chi connectivity index (χ2v) is 7.94. The number of hydrogen-bond acceptors (Lipinski definition) is 8. The molecule has 0 spiro atoms. The first-order valence-corrected chi connectivity index (χ1v) is 10.1. The lowest BCUT2D eigenvalue weighted by molar-refractivity contribution is 0.102. The van der Waals surface area contributed by atoms with Crippen molar-refractivity contribution in [3.63, 3.8) is 0 Å². The van der Waals surface area contributed by atoms with Gasteiger partial charge in [0.2, 0.25) is 5.13 Å². The van der Waals surface area contributed by atoms with Crippen molar-refractivity contribution in [3.8, 4) is 16.9 Å². The molecule has 0 aliphatic carbocycles. The molecule has 1 unspecified atom stereocenters. The molecule has 10 heteroatoms. The molecule has 1 saturated heterocycles. The van der Waals surface area contributed by atoms with Crippen LogP contribution in [0.3, 0.4) is 0 Å². The Morgan fingerprint density at radius 3 is 2.90 bits per heavy atom. The van der Waals surface area contributed by atoms with Crippen molar-refractivity contribution in [3.05, 3.63) is 45.9 Å². The molecule has 0 bridgehead atoms. The number of carbonyl (C=O) groups excluding carboxylic acids is 1. The summed E-state index contributed by atoms with van der Waals surface area (Å²) in [5.74, 6) is 0.402. The topological polar surface area (TPSA) is 99.1 Å². The zero-order chi connectivity index (χ0) is 20.4. The van der Waals surface area contributed by atoms with Gasteiger partial charge >= 0.3 is 0 Å². The Balaban J connectivity index is 1.65. The Labute approximate surface area is 176 Å². The zero-order valence-corrected chi connectivity index (χ0v) is 17.4. The monoisotopic (exact) mass is 431 g/mol. The van der Waals surface area contributed by atoms with E-state index in [0.29, 0.717) is 39.3 Å². The number of hydrogen-bond donors (Lipinski definition) is 1. The number of amides is 1. The highest BCUT2D eigenvalue weighted by Crippen LogP contribution is 2.34. The molecule has 29 heavy (non-hydrogen) atoms. The minimum Gasteiger partial charge on any atom is -0.494 e. The summed E-state index contributed by atoms with van der Waals surface area (Å²) in [5.41, 5.74) is 2.43. The first-order chi connectivity index (χ1) is 14.0. The number of carbonyl (C=O) groups is 1. The predicted octanol–water partition coefficient (Wildman–Crippen LogP) is 3.72. The van der Waals surface area contributed by atoms with E-state index in [2.05, 4.69) is 25.5 Å². The van der Waals surface area contributed by atoms with E-state index in [9.17, 15) is 4.79 Å². The Hall–Kier alpha value is -2.62. The minimum atomic E-state index is -0.340. The van der Waals surface area contributed by atoms with Crippen molar-refractivity contribution in [1.29, 1.82) is 0 Å². The van der Waals surface area contributed by atoms with Crippen LogP contribution in [0.1, 0.15) is 33.4 Å². The standard InChI is InChI=1S/C19H18ClN5O3S/c1-10-5-12(13-6-16(20)22-8-15(13)27-2)14(7-21-10)17(26)23-19-25-24-18(29-19)11-3-4-28-9-11/h5-8,11H,3-4,9H2,1-2H3,(H,23,25,26). The SMILES string of the molecule is COc1cnc(Cl)cc1-c1cc(C)ncc1C(=O)Nc1nnc(C2CCOC2)s1. The van der Waals surface area contributed by atoms with Gasteiger partial charge in [-0.15, -0.1) is 10.2 Å². The summed E-state index contributed by atoms with van der Waals surface area (Å²) in [5, 5.41) is 12.7. The van der Waals surface area contributed by atoms with Crippen LogP contribution in [0.5, 0.6) is 5.75 Å². The van der Waals surface area contributed by atoms with E-state index in [4.69, 9.17) is 21.1 Å². The van der Waals surface area contributed by atoms with E-state index in [0.717, 1.165) is 23.7 Å². The zero-order valence-electron chi connectivity index (χ0n) is 15.8. The van der Waals surface area contributed by atoms with Gasteiger partial charge < -0.3 is 9.47 Å². The van der Waals surface area contributed by atoms with Gasteiger partial charge in [0.25, 0.3) is 5.91 Å². The molecular weight excluding hydrogens is 414 g/mol. The van der Waals surface area contributed by atoms with Gasteiger partial charge in [0.1, 0.15) is 15.9 Å². The summed E-state index contributed by atoms with van der Waals surface area (Å²) in [6.45, 7) is 3.21. The maximum Gasteiger partial charge on any atom is 0.259 e. The van der Waals surface area contributed by atoms with Gasteiger partial charge in [-0.2, -0.15) is 0 Å². The third-order valence-corrected chi connectivity index (χ3v) is 5.78. The van der Waals surface area contributed by atoms with Gasteiger partial charge in [0.15, 0.2) is 0 Å². The van der Waals surface area contributed by atoms with Gasteiger partial charge in [-0.05, 0) is 25.5 Å². The molecule has 3 aromatic heterocycles. The lowest BCUT2D eigenvalue weighted by Gasteiger charge is -2.13. The number of pyridine rings is 2. The van der Waals surface area contributed by atoms with Gasteiger partial charge in [-0.25, -0.2) is 4.98 Å². The van der Waals surface area contributed by atoms with E-state index in [1.807, 2.05) is 13.0 Å². The molecule has 3 aromatic rings. The van der Waals surface area contributed by atoms with Crippen molar-refractivity contribution >= 4 is 34.0 Å². The molecule has 1 aliphatic rings. The normalized spacial score (nSPS) is 16.0. The maximum absolute atomic E-state index is 13.0. The fraction of sp³-hybridized carbons (Fsp3) is 0.316. The number of aryl methyl sites for hydroxylation is 1. The van der Waals surface area contributed by atoms with Crippen LogP contribution in [0.2, 0.25) is 5.15 Å².